The highest BCUT2D eigenvalue weighted by Gasteiger charge is 2.15. The maximum absolute atomic E-state index is 9.29. The lowest BCUT2D eigenvalue weighted by Crippen LogP contribution is -2.22. The van der Waals surface area contributed by atoms with Gasteiger partial charge in [0.1, 0.15) is 12.4 Å². The lowest BCUT2D eigenvalue weighted by atomic mass is 10.1. The topological polar surface area (TPSA) is 54.6 Å². The minimum Gasteiger partial charge on any atom is -0.488 e. The second-order valence-electron chi connectivity index (χ2n) is 4.53. The van der Waals surface area contributed by atoms with Crippen LogP contribution in [0.1, 0.15) is 5.56 Å². The van der Waals surface area contributed by atoms with Gasteiger partial charge in [0.05, 0.1) is 0 Å². The van der Waals surface area contributed by atoms with Crippen LogP contribution in [0.5, 0.6) is 5.75 Å². The third-order valence-corrected chi connectivity index (χ3v) is 3.21. The van der Waals surface area contributed by atoms with Crippen LogP contribution in [0.3, 0.4) is 0 Å². The van der Waals surface area contributed by atoms with Crippen LogP contribution < -0.4 is 4.74 Å². The van der Waals surface area contributed by atoms with Crippen molar-refractivity contribution in [3.05, 3.63) is 66.4 Å². The number of rotatable bonds is 4. The van der Waals surface area contributed by atoms with E-state index in [0.717, 1.165) is 22.2 Å². The normalized spacial score (nSPS) is 10.7. The van der Waals surface area contributed by atoms with E-state index in [0.29, 0.717) is 6.61 Å². The molecule has 1 heterocycles. The summed E-state index contributed by atoms with van der Waals surface area (Å²) in [5, 5.41) is 19.4. The molecule has 0 aliphatic heterocycles. The van der Waals surface area contributed by atoms with E-state index in [-0.39, 0.29) is 0 Å². The molecule has 0 saturated heterocycles. The van der Waals surface area contributed by atoms with E-state index in [1.165, 1.54) is 4.48 Å². The van der Waals surface area contributed by atoms with Crippen LogP contribution in [0.4, 0.5) is 0 Å². The largest absolute Gasteiger partial charge is 0.592 e. The first kappa shape index (κ1) is 12.8. The van der Waals surface area contributed by atoms with Crippen molar-refractivity contribution in [3.8, 4) is 5.75 Å². The van der Waals surface area contributed by atoms with E-state index < -0.39 is 7.25 Å². The van der Waals surface area contributed by atoms with Gasteiger partial charge in [-0.1, -0.05) is 36.4 Å². The zero-order valence-corrected chi connectivity index (χ0v) is 10.8. The summed E-state index contributed by atoms with van der Waals surface area (Å²) in [6, 6.07) is 17.3. The molecule has 20 heavy (non-hydrogen) atoms. The summed E-state index contributed by atoms with van der Waals surface area (Å²) in [7, 11) is -1.54. The number of hydrogen-bond donors (Lipinski definition) is 2. The standard InChI is InChI=1S/C15H14BNO3/c18-16(19)17-10-9-13-14(17)7-4-8-15(13)20-11-12-5-2-1-3-6-12/h1-10,18-19H,11H2. The number of ether oxygens (including phenoxy) is 1. The zero-order valence-electron chi connectivity index (χ0n) is 10.8. The Labute approximate surface area is 117 Å². The maximum Gasteiger partial charge on any atom is 0.592 e. The molecular formula is C15H14BNO3. The SMILES string of the molecule is OB(O)n1ccc2c(OCc3ccccc3)cccc21. The van der Waals surface area contributed by atoms with Crippen molar-refractivity contribution < 1.29 is 14.8 Å². The Balaban J connectivity index is 1.89. The van der Waals surface area contributed by atoms with E-state index in [9.17, 15) is 10.0 Å². The molecule has 0 aliphatic carbocycles. The van der Waals surface area contributed by atoms with Crippen LogP contribution in [0.25, 0.3) is 10.9 Å². The second kappa shape index (κ2) is 5.40. The van der Waals surface area contributed by atoms with E-state index in [4.69, 9.17) is 4.74 Å². The average molecular weight is 267 g/mol. The number of hydrogen-bond acceptors (Lipinski definition) is 3. The van der Waals surface area contributed by atoms with Crippen molar-refractivity contribution in [1.29, 1.82) is 0 Å². The molecule has 3 aromatic rings. The summed E-state index contributed by atoms with van der Waals surface area (Å²) in [4.78, 5) is 0. The van der Waals surface area contributed by atoms with Crippen LogP contribution in [-0.4, -0.2) is 21.8 Å². The lowest BCUT2D eigenvalue weighted by Gasteiger charge is -2.08. The highest BCUT2D eigenvalue weighted by molar-refractivity contribution is 6.41. The molecule has 0 fully saturated rings. The fourth-order valence-corrected chi connectivity index (χ4v) is 2.22. The van der Waals surface area contributed by atoms with Gasteiger partial charge in [0.25, 0.3) is 0 Å². The summed E-state index contributed by atoms with van der Waals surface area (Å²) in [6.07, 6.45) is 1.63. The van der Waals surface area contributed by atoms with Gasteiger partial charge in [0.2, 0.25) is 0 Å². The van der Waals surface area contributed by atoms with Gasteiger partial charge >= 0.3 is 7.25 Å². The Hall–Kier alpha value is -2.24. The molecule has 2 N–H and O–H groups in total. The summed E-state index contributed by atoms with van der Waals surface area (Å²) in [5.74, 6) is 0.728. The quantitative estimate of drug-likeness (QED) is 0.711. The number of fused-ring (bicyclic) bond motifs is 1. The van der Waals surface area contributed by atoms with Gasteiger partial charge in [-0.05, 0) is 30.0 Å². The average Bonchev–Trinajstić information content (AvgIpc) is 2.91. The minimum absolute atomic E-state index is 0.479. The van der Waals surface area contributed by atoms with Gasteiger partial charge in [-0.15, -0.1) is 0 Å². The molecule has 4 nitrogen and oxygen atoms in total. The molecule has 0 saturated carbocycles. The molecule has 0 atom stereocenters. The maximum atomic E-state index is 9.29. The monoisotopic (exact) mass is 267 g/mol. The van der Waals surface area contributed by atoms with Gasteiger partial charge in [0.15, 0.2) is 0 Å². The third-order valence-electron chi connectivity index (χ3n) is 3.21. The minimum atomic E-state index is -1.54. The van der Waals surface area contributed by atoms with Gasteiger partial charge in [0, 0.05) is 10.9 Å². The smallest absolute Gasteiger partial charge is 0.488 e. The molecular weight excluding hydrogens is 253 g/mol. The number of benzene rings is 2. The van der Waals surface area contributed by atoms with Gasteiger partial charge < -0.3 is 19.3 Å². The molecule has 0 spiro atoms. The summed E-state index contributed by atoms with van der Waals surface area (Å²) in [6.45, 7) is 0.479. The Morgan fingerprint density at radius 3 is 2.50 bits per heavy atom. The first-order valence-corrected chi connectivity index (χ1v) is 6.38. The fourth-order valence-electron chi connectivity index (χ4n) is 2.22. The van der Waals surface area contributed by atoms with Crippen LogP contribution in [-0.2, 0) is 6.61 Å². The molecule has 0 unspecified atom stereocenters. The van der Waals surface area contributed by atoms with Crippen LogP contribution >= 0.6 is 0 Å². The van der Waals surface area contributed by atoms with E-state index in [1.54, 1.807) is 6.20 Å². The Kier molecular flexibility index (Phi) is 3.45. The van der Waals surface area contributed by atoms with Crippen molar-refractivity contribution in [3.63, 3.8) is 0 Å². The molecule has 3 rings (SSSR count). The first-order valence-electron chi connectivity index (χ1n) is 6.38. The molecule has 0 radical (unpaired) electrons. The Bertz CT molecular complexity index is 709. The van der Waals surface area contributed by atoms with E-state index in [1.807, 2.05) is 54.6 Å². The van der Waals surface area contributed by atoms with Gasteiger partial charge in [-0.2, -0.15) is 0 Å². The predicted octanol–water partition coefficient (Wildman–Crippen LogP) is 2.04. The highest BCUT2D eigenvalue weighted by atomic mass is 16.5. The predicted molar refractivity (Wildman–Crippen MR) is 78.3 cm³/mol. The van der Waals surface area contributed by atoms with Crippen molar-refractivity contribution >= 4 is 18.2 Å². The fraction of sp³-hybridized carbons (Fsp3) is 0.0667. The zero-order chi connectivity index (χ0) is 13.9. The first-order chi connectivity index (χ1) is 9.75. The van der Waals surface area contributed by atoms with Crippen LogP contribution in [0, 0.1) is 0 Å². The summed E-state index contributed by atoms with van der Waals surface area (Å²) in [5.41, 5.74) is 1.82. The van der Waals surface area contributed by atoms with Gasteiger partial charge in [-0.3, -0.25) is 0 Å². The number of nitrogens with zero attached hydrogens (tertiary/aromatic N) is 1. The molecule has 0 bridgehead atoms. The van der Waals surface area contributed by atoms with Crippen molar-refractivity contribution in [2.45, 2.75) is 6.61 Å². The molecule has 5 heteroatoms. The lowest BCUT2D eigenvalue weighted by molar-refractivity contribution is 0.310. The Morgan fingerprint density at radius 1 is 0.950 bits per heavy atom. The third kappa shape index (κ3) is 2.41. The van der Waals surface area contributed by atoms with E-state index >= 15 is 0 Å². The van der Waals surface area contributed by atoms with Crippen molar-refractivity contribution in [1.82, 2.24) is 4.48 Å². The molecule has 2 aromatic carbocycles. The molecule has 1 aromatic heterocycles. The van der Waals surface area contributed by atoms with Gasteiger partial charge in [-0.25, -0.2) is 0 Å². The second-order valence-corrected chi connectivity index (χ2v) is 4.53. The number of aromatic nitrogens is 1. The van der Waals surface area contributed by atoms with Crippen LogP contribution in [0.2, 0.25) is 0 Å². The molecule has 0 aliphatic rings. The van der Waals surface area contributed by atoms with E-state index in [2.05, 4.69) is 0 Å². The molecule has 100 valence electrons. The summed E-state index contributed by atoms with van der Waals surface area (Å²) < 4.78 is 7.20. The Morgan fingerprint density at radius 2 is 1.75 bits per heavy atom. The molecule has 0 amide bonds. The highest BCUT2D eigenvalue weighted by Crippen LogP contribution is 2.27. The summed E-state index contributed by atoms with van der Waals surface area (Å²) >= 11 is 0. The van der Waals surface area contributed by atoms with Crippen molar-refractivity contribution in [2.24, 2.45) is 0 Å². The van der Waals surface area contributed by atoms with Crippen molar-refractivity contribution in [2.75, 3.05) is 0 Å². The van der Waals surface area contributed by atoms with Crippen LogP contribution in [0.15, 0.2) is 60.8 Å².